The zero-order valence-electron chi connectivity index (χ0n) is 16.1. The summed E-state index contributed by atoms with van der Waals surface area (Å²) in [6, 6.07) is 8.82. The van der Waals surface area contributed by atoms with E-state index in [2.05, 4.69) is 10.2 Å². The van der Waals surface area contributed by atoms with Crippen LogP contribution in [0.5, 0.6) is 0 Å². The smallest absolute Gasteiger partial charge is 0.196 e. The monoisotopic (exact) mass is 420 g/mol. The van der Waals surface area contributed by atoms with Gasteiger partial charge in [0.1, 0.15) is 5.82 Å². The van der Waals surface area contributed by atoms with Gasteiger partial charge < -0.3 is 0 Å². The number of thioether (sulfide) groups is 1. The lowest BCUT2D eigenvalue weighted by atomic mass is 10.1. The molecule has 2 aromatic carbocycles. The average Bonchev–Trinajstić information content (AvgIpc) is 3.11. The van der Waals surface area contributed by atoms with Crippen LogP contribution in [0.25, 0.3) is 5.69 Å². The summed E-state index contributed by atoms with van der Waals surface area (Å²) in [5.74, 6) is -2.23. The van der Waals surface area contributed by atoms with Gasteiger partial charge in [-0.2, -0.15) is 0 Å². The van der Waals surface area contributed by atoms with Gasteiger partial charge in [0.25, 0.3) is 0 Å². The molecule has 3 rings (SSSR count). The second-order valence-corrected chi connectivity index (χ2v) is 7.58. The number of hydrogen-bond donors (Lipinski definition) is 0. The SMILES string of the molecule is C[C@@H](c1nnc(SCC(=O)c2ccc(F)c(F)c2)n1-c1ccc(F)cc1)N(C)C. The summed E-state index contributed by atoms with van der Waals surface area (Å²) in [5, 5.41) is 8.87. The molecule has 0 N–H and O–H groups in total. The van der Waals surface area contributed by atoms with E-state index < -0.39 is 11.6 Å². The summed E-state index contributed by atoms with van der Waals surface area (Å²) in [4.78, 5) is 14.3. The highest BCUT2D eigenvalue weighted by Gasteiger charge is 2.22. The first-order valence-electron chi connectivity index (χ1n) is 8.76. The lowest BCUT2D eigenvalue weighted by molar-refractivity contribution is 0.102. The molecule has 152 valence electrons. The maximum absolute atomic E-state index is 13.4. The number of aromatic nitrogens is 3. The van der Waals surface area contributed by atoms with Crippen molar-refractivity contribution in [3.63, 3.8) is 0 Å². The van der Waals surface area contributed by atoms with Crippen molar-refractivity contribution in [3.05, 3.63) is 71.3 Å². The standard InChI is InChI=1S/C20H19F3N4OS/c1-12(26(2)3)19-24-25-20(27(19)15-7-5-14(21)6-8-15)29-11-18(28)13-4-9-16(22)17(23)10-13/h4-10,12H,11H2,1-3H3/t12-/m0/s1. The molecule has 1 aromatic heterocycles. The predicted molar refractivity (Wildman–Crippen MR) is 105 cm³/mol. The zero-order chi connectivity index (χ0) is 21.1. The van der Waals surface area contributed by atoms with Crippen molar-refractivity contribution in [1.29, 1.82) is 0 Å². The highest BCUT2D eigenvalue weighted by molar-refractivity contribution is 7.99. The van der Waals surface area contributed by atoms with Crippen LogP contribution in [0.15, 0.2) is 47.6 Å². The maximum Gasteiger partial charge on any atom is 0.196 e. The molecular weight excluding hydrogens is 401 g/mol. The van der Waals surface area contributed by atoms with Crippen molar-refractivity contribution in [3.8, 4) is 5.69 Å². The van der Waals surface area contributed by atoms with Crippen molar-refractivity contribution in [2.24, 2.45) is 0 Å². The first kappa shape index (κ1) is 21.1. The largest absolute Gasteiger partial charge is 0.300 e. The van der Waals surface area contributed by atoms with Crippen molar-refractivity contribution in [1.82, 2.24) is 19.7 Å². The van der Waals surface area contributed by atoms with Gasteiger partial charge in [-0.3, -0.25) is 14.3 Å². The van der Waals surface area contributed by atoms with E-state index in [4.69, 9.17) is 0 Å². The molecular formula is C20H19F3N4OS. The van der Waals surface area contributed by atoms with Crippen LogP contribution in [0, 0.1) is 17.5 Å². The fourth-order valence-electron chi connectivity index (χ4n) is 2.59. The molecule has 0 spiro atoms. The second kappa shape index (κ2) is 8.79. The summed E-state index contributed by atoms with van der Waals surface area (Å²) >= 11 is 1.12. The summed E-state index contributed by atoms with van der Waals surface area (Å²) in [6.07, 6.45) is 0. The van der Waals surface area contributed by atoms with Crippen molar-refractivity contribution in [2.45, 2.75) is 18.1 Å². The number of halogens is 3. The second-order valence-electron chi connectivity index (χ2n) is 6.63. The fourth-order valence-corrected chi connectivity index (χ4v) is 3.45. The Balaban J connectivity index is 1.89. The minimum absolute atomic E-state index is 0.0409. The maximum atomic E-state index is 13.4. The van der Waals surface area contributed by atoms with Crippen LogP contribution in [0.1, 0.15) is 29.1 Å². The Morgan fingerprint density at radius 3 is 2.38 bits per heavy atom. The van der Waals surface area contributed by atoms with Crippen LogP contribution < -0.4 is 0 Å². The number of carbonyl (C=O) groups excluding carboxylic acids is 1. The normalized spacial score (nSPS) is 12.4. The van der Waals surface area contributed by atoms with Gasteiger partial charge in [0.15, 0.2) is 28.4 Å². The van der Waals surface area contributed by atoms with Gasteiger partial charge in [-0.1, -0.05) is 11.8 Å². The highest BCUT2D eigenvalue weighted by Crippen LogP contribution is 2.27. The van der Waals surface area contributed by atoms with E-state index >= 15 is 0 Å². The summed E-state index contributed by atoms with van der Waals surface area (Å²) in [5.41, 5.74) is 0.731. The van der Waals surface area contributed by atoms with E-state index in [0.717, 1.165) is 23.9 Å². The van der Waals surface area contributed by atoms with Gasteiger partial charge in [0, 0.05) is 11.3 Å². The van der Waals surface area contributed by atoms with Crippen LogP contribution in [0.3, 0.4) is 0 Å². The molecule has 5 nitrogen and oxygen atoms in total. The van der Waals surface area contributed by atoms with E-state index in [1.54, 1.807) is 16.7 Å². The van der Waals surface area contributed by atoms with Crippen LogP contribution in [-0.2, 0) is 0 Å². The molecule has 0 radical (unpaired) electrons. The molecule has 1 atom stereocenters. The van der Waals surface area contributed by atoms with E-state index in [-0.39, 0.29) is 29.0 Å². The van der Waals surface area contributed by atoms with Crippen molar-refractivity contribution in [2.75, 3.05) is 19.8 Å². The Kier molecular flexibility index (Phi) is 6.39. The van der Waals surface area contributed by atoms with Crippen LogP contribution in [0.4, 0.5) is 13.2 Å². The number of ketones is 1. The number of benzene rings is 2. The molecule has 0 saturated heterocycles. The van der Waals surface area contributed by atoms with Gasteiger partial charge in [0.05, 0.1) is 11.8 Å². The molecule has 0 saturated carbocycles. The Morgan fingerprint density at radius 2 is 1.76 bits per heavy atom. The Labute approximate surface area is 170 Å². The van der Waals surface area contributed by atoms with Crippen molar-refractivity contribution < 1.29 is 18.0 Å². The fraction of sp³-hybridized carbons (Fsp3) is 0.250. The Morgan fingerprint density at radius 1 is 1.07 bits per heavy atom. The minimum Gasteiger partial charge on any atom is -0.300 e. The number of nitrogens with zero attached hydrogens (tertiary/aromatic N) is 4. The average molecular weight is 420 g/mol. The first-order valence-corrected chi connectivity index (χ1v) is 9.75. The Bertz CT molecular complexity index is 1020. The van der Waals surface area contributed by atoms with Crippen LogP contribution in [0.2, 0.25) is 0 Å². The van der Waals surface area contributed by atoms with E-state index in [0.29, 0.717) is 16.7 Å². The third kappa shape index (κ3) is 4.68. The molecule has 0 aliphatic carbocycles. The van der Waals surface area contributed by atoms with Crippen LogP contribution >= 0.6 is 11.8 Å². The van der Waals surface area contributed by atoms with Gasteiger partial charge in [-0.25, -0.2) is 13.2 Å². The molecule has 0 aliphatic heterocycles. The van der Waals surface area contributed by atoms with E-state index in [9.17, 15) is 18.0 Å². The van der Waals surface area contributed by atoms with Gasteiger partial charge in [0.2, 0.25) is 0 Å². The number of carbonyl (C=O) groups is 1. The quantitative estimate of drug-likeness (QED) is 0.422. The minimum atomic E-state index is -1.07. The van der Waals surface area contributed by atoms with E-state index in [1.165, 1.54) is 18.2 Å². The zero-order valence-corrected chi connectivity index (χ0v) is 16.9. The third-order valence-electron chi connectivity index (χ3n) is 4.47. The molecule has 0 bridgehead atoms. The number of rotatable bonds is 7. The lowest BCUT2D eigenvalue weighted by Crippen LogP contribution is -2.20. The molecule has 0 fully saturated rings. The number of hydrogen-bond acceptors (Lipinski definition) is 5. The highest BCUT2D eigenvalue weighted by atomic mass is 32.2. The molecule has 9 heteroatoms. The van der Waals surface area contributed by atoms with Crippen molar-refractivity contribution >= 4 is 17.5 Å². The number of Topliss-reactive ketones (excluding diaryl/α,β-unsaturated/α-hetero) is 1. The Hall–Kier alpha value is -2.65. The summed E-state index contributed by atoms with van der Waals surface area (Å²) in [7, 11) is 3.79. The van der Waals surface area contributed by atoms with Gasteiger partial charge >= 0.3 is 0 Å². The molecule has 29 heavy (non-hydrogen) atoms. The molecule has 0 aliphatic rings. The molecule has 0 unspecified atom stereocenters. The first-order chi connectivity index (χ1) is 13.8. The third-order valence-corrected chi connectivity index (χ3v) is 5.39. The van der Waals surface area contributed by atoms with E-state index in [1.807, 2.05) is 25.9 Å². The summed E-state index contributed by atoms with van der Waals surface area (Å²) in [6.45, 7) is 1.95. The summed E-state index contributed by atoms with van der Waals surface area (Å²) < 4.78 is 41.6. The predicted octanol–water partition coefficient (Wildman–Crippen LogP) is 4.28. The molecule has 1 heterocycles. The molecule has 3 aromatic rings. The lowest BCUT2D eigenvalue weighted by Gasteiger charge is -2.20. The van der Waals surface area contributed by atoms with Gasteiger partial charge in [-0.15, -0.1) is 10.2 Å². The van der Waals surface area contributed by atoms with Crippen LogP contribution in [-0.4, -0.2) is 45.3 Å². The topological polar surface area (TPSA) is 51.0 Å². The molecule has 0 amide bonds. The van der Waals surface area contributed by atoms with Gasteiger partial charge in [-0.05, 0) is 63.5 Å².